The maximum atomic E-state index is 11.1. The summed E-state index contributed by atoms with van der Waals surface area (Å²) < 4.78 is -1.88. The molecule has 1 heterocycles. The van der Waals surface area contributed by atoms with Gasteiger partial charge in [-0.1, -0.05) is 34.8 Å². The zero-order valence-corrected chi connectivity index (χ0v) is 8.69. The predicted molar refractivity (Wildman–Crippen MR) is 51.1 cm³/mol. The lowest BCUT2D eigenvalue weighted by Crippen LogP contribution is -2.22. The van der Waals surface area contributed by atoms with Crippen molar-refractivity contribution in [3.05, 3.63) is 27.9 Å². The highest BCUT2D eigenvalue weighted by atomic mass is 35.6. The van der Waals surface area contributed by atoms with Gasteiger partial charge in [-0.25, -0.2) is 9.78 Å². The van der Waals surface area contributed by atoms with Crippen molar-refractivity contribution in [2.24, 2.45) is 0 Å². The molecule has 0 atom stereocenters. The summed E-state index contributed by atoms with van der Waals surface area (Å²) in [5, 5.41) is 8.50. The summed E-state index contributed by atoms with van der Waals surface area (Å²) in [6.45, 7) is 0. The fraction of sp³-hybridized carbons (Fsp3) is 0.167. The molecule has 0 aliphatic rings. The molecule has 76 valence electrons. The third-order valence-corrected chi connectivity index (χ3v) is 1.84. The molecule has 0 aromatic carbocycles. The van der Waals surface area contributed by atoms with Gasteiger partial charge in [0.05, 0.1) is 0 Å². The summed E-state index contributed by atoms with van der Waals surface area (Å²) in [5.41, 5.74) is -1.38. The number of aromatic carboxylic acids is 1. The fourth-order valence-electron chi connectivity index (χ4n) is 0.691. The van der Waals surface area contributed by atoms with E-state index in [1.807, 2.05) is 0 Å². The Bertz CT molecular complexity index is 423. The van der Waals surface area contributed by atoms with Gasteiger partial charge in [-0.2, -0.15) is 0 Å². The minimum absolute atomic E-state index is 0.225. The first-order valence-electron chi connectivity index (χ1n) is 3.22. The number of aromatic amines is 1. The summed E-state index contributed by atoms with van der Waals surface area (Å²) >= 11 is 16.2. The van der Waals surface area contributed by atoms with Gasteiger partial charge in [0.2, 0.25) is 3.79 Å². The molecule has 5 nitrogen and oxygen atoms in total. The van der Waals surface area contributed by atoms with E-state index in [1.54, 1.807) is 0 Å². The first-order chi connectivity index (χ1) is 6.32. The molecule has 0 bridgehead atoms. The zero-order valence-electron chi connectivity index (χ0n) is 6.42. The summed E-state index contributed by atoms with van der Waals surface area (Å²) in [6.07, 6.45) is 0.832. The van der Waals surface area contributed by atoms with E-state index in [0.717, 1.165) is 6.20 Å². The maximum absolute atomic E-state index is 11.1. The molecule has 0 saturated heterocycles. The number of halogens is 3. The second-order valence-corrected chi connectivity index (χ2v) is 4.56. The molecule has 14 heavy (non-hydrogen) atoms. The van der Waals surface area contributed by atoms with Crippen LogP contribution in [0.5, 0.6) is 0 Å². The number of rotatable bonds is 1. The Morgan fingerprint density at radius 1 is 1.50 bits per heavy atom. The van der Waals surface area contributed by atoms with E-state index in [2.05, 4.69) is 9.97 Å². The number of hydrogen-bond donors (Lipinski definition) is 2. The second kappa shape index (κ2) is 3.76. The number of carbonyl (C=O) groups is 1. The Kier molecular flexibility index (Phi) is 3.04. The van der Waals surface area contributed by atoms with Crippen LogP contribution in [0.3, 0.4) is 0 Å². The van der Waals surface area contributed by atoms with Gasteiger partial charge in [-0.15, -0.1) is 0 Å². The molecule has 0 radical (unpaired) electrons. The van der Waals surface area contributed by atoms with E-state index >= 15 is 0 Å². The maximum Gasteiger partial charge on any atom is 0.342 e. The predicted octanol–water partition coefficient (Wildman–Crippen LogP) is 1.29. The third-order valence-electron chi connectivity index (χ3n) is 1.30. The van der Waals surface area contributed by atoms with Gasteiger partial charge in [-0.3, -0.25) is 4.79 Å². The Morgan fingerprint density at radius 3 is 2.43 bits per heavy atom. The molecule has 0 unspecified atom stereocenters. The van der Waals surface area contributed by atoms with E-state index in [-0.39, 0.29) is 5.82 Å². The van der Waals surface area contributed by atoms with Crippen LogP contribution in [-0.2, 0) is 3.79 Å². The number of H-pyrrole nitrogens is 1. The quantitative estimate of drug-likeness (QED) is 0.743. The van der Waals surface area contributed by atoms with Crippen molar-refractivity contribution < 1.29 is 9.90 Å². The monoisotopic (exact) mass is 256 g/mol. The molecule has 1 aromatic rings. The van der Waals surface area contributed by atoms with Gasteiger partial charge < -0.3 is 10.1 Å². The van der Waals surface area contributed by atoms with E-state index in [4.69, 9.17) is 39.9 Å². The lowest BCUT2D eigenvalue weighted by atomic mass is 10.3. The highest BCUT2D eigenvalue weighted by molar-refractivity contribution is 6.66. The number of hydrogen-bond acceptors (Lipinski definition) is 3. The zero-order chi connectivity index (χ0) is 10.9. The Morgan fingerprint density at radius 2 is 2.07 bits per heavy atom. The molecule has 0 fully saturated rings. The van der Waals surface area contributed by atoms with Gasteiger partial charge in [0.15, 0.2) is 5.82 Å². The first-order valence-corrected chi connectivity index (χ1v) is 4.35. The highest BCUT2D eigenvalue weighted by Crippen LogP contribution is 2.34. The van der Waals surface area contributed by atoms with Crippen molar-refractivity contribution in [2.45, 2.75) is 3.79 Å². The molecule has 0 aliphatic heterocycles. The van der Waals surface area contributed by atoms with Crippen molar-refractivity contribution in [3.63, 3.8) is 0 Å². The molecule has 8 heteroatoms. The minimum atomic E-state index is -1.88. The average Bonchev–Trinajstić information content (AvgIpc) is 2.01. The number of carboxylic acids is 1. The lowest BCUT2D eigenvalue weighted by Gasteiger charge is -2.08. The molecule has 0 aliphatic carbocycles. The molecular formula is C6H3Cl3N2O3. The standard InChI is InChI=1S/C6H3Cl3N2O3/c7-6(8,9)5-10-1-2(4(13)14)3(12)11-5/h1H,(H,13,14)(H,10,11,12). The number of alkyl halides is 3. The summed E-state index contributed by atoms with van der Waals surface area (Å²) in [7, 11) is 0. The van der Waals surface area contributed by atoms with Crippen molar-refractivity contribution in [2.75, 3.05) is 0 Å². The van der Waals surface area contributed by atoms with Crippen LogP contribution in [0.1, 0.15) is 16.2 Å². The number of nitrogens with zero attached hydrogens (tertiary/aromatic N) is 1. The van der Waals surface area contributed by atoms with Crippen LogP contribution in [0.2, 0.25) is 0 Å². The molecule has 0 spiro atoms. The lowest BCUT2D eigenvalue weighted by molar-refractivity contribution is 0.0694. The molecule has 1 rings (SSSR count). The summed E-state index contributed by atoms with van der Waals surface area (Å²) in [5.74, 6) is -1.62. The molecule has 1 aromatic heterocycles. The van der Waals surface area contributed by atoms with Gasteiger partial charge in [-0.05, 0) is 0 Å². The normalized spacial score (nSPS) is 11.4. The average molecular weight is 257 g/mol. The van der Waals surface area contributed by atoms with Crippen LogP contribution in [0.15, 0.2) is 11.0 Å². The Hall–Kier alpha value is -0.780. The first kappa shape index (κ1) is 11.3. The molecule has 2 N–H and O–H groups in total. The van der Waals surface area contributed by atoms with Crippen LogP contribution in [0, 0.1) is 0 Å². The number of carboxylic acid groups (broad SMARTS) is 1. The highest BCUT2D eigenvalue weighted by Gasteiger charge is 2.26. The Balaban J connectivity index is 3.27. The van der Waals surface area contributed by atoms with Crippen LogP contribution in [-0.4, -0.2) is 21.0 Å². The van der Waals surface area contributed by atoms with Crippen LogP contribution < -0.4 is 5.56 Å². The van der Waals surface area contributed by atoms with E-state index < -0.39 is 20.9 Å². The van der Waals surface area contributed by atoms with Gasteiger partial charge >= 0.3 is 5.97 Å². The van der Waals surface area contributed by atoms with Crippen molar-refractivity contribution >= 4 is 40.8 Å². The number of aromatic nitrogens is 2. The van der Waals surface area contributed by atoms with Gasteiger partial charge in [0.1, 0.15) is 5.56 Å². The third kappa shape index (κ3) is 2.37. The topological polar surface area (TPSA) is 83.0 Å². The number of nitrogens with one attached hydrogen (secondary N) is 1. The Labute approximate surface area is 92.6 Å². The van der Waals surface area contributed by atoms with Gasteiger partial charge in [0, 0.05) is 6.20 Å². The minimum Gasteiger partial charge on any atom is -0.477 e. The SMILES string of the molecule is O=C(O)c1cnc(C(Cl)(Cl)Cl)[nH]c1=O. The van der Waals surface area contributed by atoms with Gasteiger partial charge in [0.25, 0.3) is 5.56 Å². The van der Waals surface area contributed by atoms with Crippen LogP contribution in [0.25, 0.3) is 0 Å². The van der Waals surface area contributed by atoms with E-state index in [1.165, 1.54) is 0 Å². The molecule has 0 saturated carbocycles. The fourth-order valence-corrected chi connectivity index (χ4v) is 0.979. The van der Waals surface area contributed by atoms with Crippen molar-refractivity contribution in [1.82, 2.24) is 9.97 Å². The molecule has 0 amide bonds. The second-order valence-electron chi connectivity index (χ2n) is 2.28. The van der Waals surface area contributed by atoms with E-state index in [9.17, 15) is 9.59 Å². The van der Waals surface area contributed by atoms with Crippen LogP contribution >= 0.6 is 34.8 Å². The smallest absolute Gasteiger partial charge is 0.342 e. The summed E-state index contributed by atoms with van der Waals surface area (Å²) in [6, 6.07) is 0. The van der Waals surface area contributed by atoms with Crippen molar-refractivity contribution in [3.8, 4) is 0 Å². The van der Waals surface area contributed by atoms with Crippen molar-refractivity contribution in [1.29, 1.82) is 0 Å². The van der Waals surface area contributed by atoms with Crippen LogP contribution in [0.4, 0.5) is 0 Å². The van der Waals surface area contributed by atoms with E-state index in [0.29, 0.717) is 0 Å². The largest absolute Gasteiger partial charge is 0.477 e. The summed E-state index contributed by atoms with van der Waals surface area (Å²) in [4.78, 5) is 27.1. The molecular weight excluding hydrogens is 254 g/mol.